The van der Waals surface area contributed by atoms with E-state index in [1.54, 1.807) is 11.8 Å². The van der Waals surface area contributed by atoms with Crippen LogP contribution in [0.1, 0.15) is 23.4 Å². The van der Waals surface area contributed by atoms with Gasteiger partial charge in [-0.25, -0.2) is 9.78 Å². The van der Waals surface area contributed by atoms with Crippen molar-refractivity contribution in [2.45, 2.75) is 36.5 Å². The summed E-state index contributed by atoms with van der Waals surface area (Å²) in [5, 5.41) is 2.88. The quantitative estimate of drug-likeness (QED) is 0.418. The average molecular weight is 450 g/mol. The van der Waals surface area contributed by atoms with Gasteiger partial charge in [0, 0.05) is 35.4 Å². The van der Waals surface area contributed by atoms with Gasteiger partial charge in [0.1, 0.15) is 11.3 Å². The van der Waals surface area contributed by atoms with E-state index in [0.717, 1.165) is 4.90 Å². The molecule has 0 fully saturated rings. The minimum atomic E-state index is -0.530. The Bertz CT molecular complexity index is 1420. The third-order valence-electron chi connectivity index (χ3n) is 5.10. The number of carbonyl (C=O) groups is 1. The summed E-state index contributed by atoms with van der Waals surface area (Å²) in [7, 11) is 1.53. The number of fused-ring (bicyclic) bond motifs is 1. The van der Waals surface area contributed by atoms with Crippen molar-refractivity contribution in [3.8, 4) is 0 Å². The van der Waals surface area contributed by atoms with Crippen molar-refractivity contribution in [1.29, 1.82) is 0 Å². The number of anilines is 1. The van der Waals surface area contributed by atoms with E-state index in [4.69, 9.17) is 0 Å². The van der Waals surface area contributed by atoms with E-state index in [0.29, 0.717) is 17.9 Å². The van der Waals surface area contributed by atoms with Gasteiger partial charge in [-0.2, -0.15) is 0 Å². The van der Waals surface area contributed by atoms with Crippen LogP contribution in [0, 0.1) is 13.8 Å². The Morgan fingerprint density at radius 3 is 2.59 bits per heavy atom. The molecule has 4 rings (SSSR count). The van der Waals surface area contributed by atoms with Crippen molar-refractivity contribution in [1.82, 2.24) is 19.5 Å². The standard InChI is InChI=1S/C23H23N5O3S/c1-13-4-5-14(2)17(12-13)32-16-8-6-15(7-9-16)24-19(29)11-10-18-25-20-21(26-18)28(3)23(31)27-22(20)30/h4-9,12H,10-11H2,1-3H3,(H,24,29)(H,25,26)(H,27,30,31). The second-order valence-corrected chi connectivity index (χ2v) is 8.76. The van der Waals surface area contributed by atoms with Gasteiger partial charge in [0.25, 0.3) is 5.56 Å². The van der Waals surface area contributed by atoms with Crippen molar-refractivity contribution < 1.29 is 4.79 Å². The summed E-state index contributed by atoms with van der Waals surface area (Å²) in [4.78, 5) is 47.6. The summed E-state index contributed by atoms with van der Waals surface area (Å²) >= 11 is 1.69. The Labute approximate surface area is 188 Å². The summed E-state index contributed by atoms with van der Waals surface area (Å²) in [6, 6.07) is 14.1. The van der Waals surface area contributed by atoms with Crippen LogP contribution in [-0.2, 0) is 18.3 Å². The Balaban J connectivity index is 1.37. The molecule has 0 saturated carbocycles. The van der Waals surface area contributed by atoms with Gasteiger partial charge in [-0.05, 0) is 55.3 Å². The van der Waals surface area contributed by atoms with Gasteiger partial charge in [0.2, 0.25) is 5.91 Å². The predicted molar refractivity (Wildman–Crippen MR) is 125 cm³/mol. The van der Waals surface area contributed by atoms with Gasteiger partial charge in [-0.15, -0.1) is 0 Å². The lowest BCUT2D eigenvalue weighted by Gasteiger charge is -2.08. The largest absolute Gasteiger partial charge is 0.336 e. The fraction of sp³-hybridized carbons (Fsp3) is 0.217. The van der Waals surface area contributed by atoms with Gasteiger partial charge in [-0.3, -0.25) is 19.1 Å². The second kappa shape index (κ2) is 8.88. The number of benzene rings is 2. The molecule has 2 aromatic carbocycles. The van der Waals surface area contributed by atoms with Crippen molar-refractivity contribution in [2.24, 2.45) is 7.05 Å². The molecule has 0 unspecified atom stereocenters. The number of aryl methyl sites for hydroxylation is 4. The number of aromatic amines is 2. The molecule has 164 valence electrons. The number of H-pyrrole nitrogens is 2. The Kier molecular flexibility index (Phi) is 6.00. The Hall–Kier alpha value is -3.59. The average Bonchev–Trinajstić information content (AvgIpc) is 3.20. The summed E-state index contributed by atoms with van der Waals surface area (Å²) in [6.45, 7) is 4.17. The zero-order valence-corrected chi connectivity index (χ0v) is 18.8. The molecule has 1 amide bonds. The number of aromatic nitrogens is 4. The zero-order valence-electron chi connectivity index (χ0n) is 18.0. The summed E-state index contributed by atoms with van der Waals surface area (Å²) in [5.41, 5.74) is 2.60. The molecule has 0 spiro atoms. The molecule has 2 aromatic heterocycles. The Morgan fingerprint density at radius 2 is 1.84 bits per heavy atom. The Morgan fingerprint density at radius 1 is 1.09 bits per heavy atom. The molecular weight excluding hydrogens is 426 g/mol. The maximum atomic E-state index is 12.4. The van der Waals surface area contributed by atoms with E-state index in [1.165, 1.54) is 27.6 Å². The number of nitrogens with zero attached hydrogens (tertiary/aromatic N) is 2. The lowest BCUT2D eigenvalue weighted by atomic mass is 10.2. The van der Waals surface area contributed by atoms with Crippen LogP contribution in [0.3, 0.4) is 0 Å². The molecule has 0 atom stereocenters. The highest BCUT2D eigenvalue weighted by molar-refractivity contribution is 7.99. The highest BCUT2D eigenvalue weighted by Gasteiger charge is 2.12. The van der Waals surface area contributed by atoms with Crippen molar-refractivity contribution in [3.63, 3.8) is 0 Å². The van der Waals surface area contributed by atoms with Gasteiger partial charge in [0.05, 0.1) is 0 Å². The first kappa shape index (κ1) is 21.6. The fourth-order valence-electron chi connectivity index (χ4n) is 3.28. The van der Waals surface area contributed by atoms with E-state index in [2.05, 4.69) is 52.3 Å². The fourth-order valence-corrected chi connectivity index (χ4v) is 4.28. The molecule has 0 saturated heterocycles. The third kappa shape index (κ3) is 4.67. The molecule has 2 heterocycles. The minimum Gasteiger partial charge on any atom is -0.336 e. The molecule has 8 nitrogen and oxygen atoms in total. The normalized spacial score (nSPS) is 11.1. The number of imidazole rings is 1. The van der Waals surface area contributed by atoms with Gasteiger partial charge in [0.15, 0.2) is 5.65 Å². The van der Waals surface area contributed by atoms with Crippen LogP contribution >= 0.6 is 11.8 Å². The monoisotopic (exact) mass is 449 g/mol. The van der Waals surface area contributed by atoms with Gasteiger partial charge >= 0.3 is 5.69 Å². The molecule has 0 aliphatic carbocycles. The van der Waals surface area contributed by atoms with E-state index in [-0.39, 0.29) is 23.5 Å². The maximum Gasteiger partial charge on any atom is 0.329 e. The molecule has 0 aliphatic rings. The molecule has 32 heavy (non-hydrogen) atoms. The molecule has 0 radical (unpaired) electrons. The van der Waals surface area contributed by atoms with Crippen LogP contribution in [0.4, 0.5) is 5.69 Å². The minimum absolute atomic E-state index is 0.164. The first-order valence-electron chi connectivity index (χ1n) is 10.1. The number of rotatable bonds is 6. The molecule has 3 N–H and O–H groups in total. The number of hydrogen-bond donors (Lipinski definition) is 3. The van der Waals surface area contributed by atoms with Crippen molar-refractivity contribution >= 4 is 34.5 Å². The summed E-state index contributed by atoms with van der Waals surface area (Å²) < 4.78 is 1.26. The molecule has 0 aliphatic heterocycles. The lowest BCUT2D eigenvalue weighted by molar-refractivity contribution is -0.116. The van der Waals surface area contributed by atoms with Crippen LogP contribution in [-0.4, -0.2) is 25.4 Å². The smallest absolute Gasteiger partial charge is 0.329 e. The van der Waals surface area contributed by atoms with Gasteiger partial charge < -0.3 is 10.3 Å². The van der Waals surface area contributed by atoms with E-state index in [9.17, 15) is 14.4 Å². The second-order valence-electron chi connectivity index (χ2n) is 7.64. The maximum absolute atomic E-state index is 12.4. The third-order valence-corrected chi connectivity index (χ3v) is 6.27. The zero-order chi connectivity index (χ0) is 22.8. The predicted octanol–water partition coefficient (Wildman–Crippen LogP) is 3.29. The number of amides is 1. The summed E-state index contributed by atoms with van der Waals surface area (Å²) in [5.74, 6) is 0.310. The van der Waals surface area contributed by atoms with E-state index < -0.39 is 11.2 Å². The van der Waals surface area contributed by atoms with Crippen molar-refractivity contribution in [2.75, 3.05) is 5.32 Å². The lowest BCUT2D eigenvalue weighted by Crippen LogP contribution is -2.28. The highest BCUT2D eigenvalue weighted by atomic mass is 32.2. The highest BCUT2D eigenvalue weighted by Crippen LogP contribution is 2.31. The molecule has 9 heteroatoms. The van der Waals surface area contributed by atoms with Crippen LogP contribution in [0.5, 0.6) is 0 Å². The van der Waals surface area contributed by atoms with E-state index in [1.807, 2.05) is 24.3 Å². The first-order chi connectivity index (χ1) is 15.3. The summed E-state index contributed by atoms with van der Waals surface area (Å²) in [6.07, 6.45) is 0.499. The topological polar surface area (TPSA) is 113 Å². The first-order valence-corrected chi connectivity index (χ1v) is 10.9. The van der Waals surface area contributed by atoms with Crippen LogP contribution in [0.25, 0.3) is 11.2 Å². The molecule has 0 bridgehead atoms. The number of hydrogen-bond acceptors (Lipinski definition) is 5. The van der Waals surface area contributed by atoms with Crippen LogP contribution in [0.15, 0.2) is 61.8 Å². The molecular formula is C23H23N5O3S. The SMILES string of the molecule is Cc1ccc(C)c(Sc2ccc(NC(=O)CCc3nc4c([nH]3)c(=O)[nH]c(=O)n4C)cc2)c1. The molecule has 4 aromatic rings. The van der Waals surface area contributed by atoms with Crippen molar-refractivity contribution in [3.05, 3.63) is 80.3 Å². The van der Waals surface area contributed by atoms with Gasteiger partial charge in [-0.1, -0.05) is 23.9 Å². The van der Waals surface area contributed by atoms with E-state index >= 15 is 0 Å². The van der Waals surface area contributed by atoms with Crippen LogP contribution < -0.4 is 16.6 Å². The number of carbonyl (C=O) groups excluding carboxylic acids is 1. The number of nitrogens with one attached hydrogen (secondary N) is 3. The van der Waals surface area contributed by atoms with Crippen LogP contribution in [0.2, 0.25) is 0 Å².